The molecule has 1 heterocycles. The number of rotatable bonds is 9. The van der Waals surface area contributed by atoms with E-state index in [1.54, 1.807) is 5.57 Å². The molecule has 9 atom stereocenters. The van der Waals surface area contributed by atoms with E-state index in [9.17, 15) is 10.2 Å². The van der Waals surface area contributed by atoms with Crippen LogP contribution in [0.2, 0.25) is 0 Å². The van der Waals surface area contributed by atoms with E-state index in [1.165, 1.54) is 61.4 Å². The fraction of sp³-hybridized carbons (Fsp3) is 0.730. The second-order valence-corrected chi connectivity index (χ2v) is 15.6. The van der Waals surface area contributed by atoms with Gasteiger partial charge >= 0.3 is 0 Å². The molecule has 2 aromatic rings. The van der Waals surface area contributed by atoms with Crippen LogP contribution in [0.4, 0.5) is 0 Å². The third kappa shape index (κ3) is 4.94. The highest BCUT2D eigenvalue weighted by atomic mass is 16.3. The van der Waals surface area contributed by atoms with Crippen molar-refractivity contribution in [1.29, 1.82) is 0 Å². The van der Waals surface area contributed by atoms with Crippen LogP contribution in [0.5, 0.6) is 0 Å². The number of H-pyrrole nitrogens is 1. The zero-order chi connectivity index (χ0) is 29.0. The van der Waals surface area contributed by atoms with Crippen molar-refractivity contribution in [3.05, 3.63) is 47.7 Å². The zero-order valence-corrected chi connectivity index (χ0v) is 26.4. The smallest absolute Gasteiger partial charge is 0.0919 e. The maximum absolute atomic E-state index is 12.6. The van der Waals surface area contributed by atoms with E-state index in [0.29, 0.717) is 23.7 Å². The zero-order valence-electron chi connectivity index (χ0n) is 26.4. The first kappa shape index (κ1) is 29.5. The highest BCUT2D eigenvalue weighted by molar-refractivity contribution is 5.83. The van der Waals surface area contributed by atoms with Crippen LogP contribution in [0, 0.1) is 40.4 Å². The van der Waals surface area contributed by atoms with Gasteiger partial charge in [0.1, 0.15) is 0 Å². The van der Waals surface area contributed by atoms with Crippen LogP contribution in [0.15, 0.2) is 42.1 Å². The number of benzene rings is 1. The lowest BCUT2D eigenvalue weighted by Gasteiger charge is -2.63. The minimum atomic E-state index is -0.922. The number of aromatic amines is 1. The number of hydrogen-bond donors (Lipinski definition) is 4. The molecule has 3 saturated carbocycles. The van der Waals surface area contributed by atoms with Gasteiger partial charge in [-0.2, -0.15) is 0 Å². The average molecular weight is 561 g/mol. The van der Waals surface area contributed by atoms with Gasteiger partial charge in [0.15, 0.2) is 0 Å². The monoisotopic (exact) mass is 560 g/mol. The quantitative estimate of drug-likeness (QED) is 0.237. The first-order chi connectivity index (χ1) is 19.6. The van der Waals surface area contributed by atoms with Crippen molar-refractivity contribution in [1.82, 2.24) is 10.3 Å². The Morgan fingerprint density at radius 3 is 2.61 bits per heavy atom. The Hall–Kier alpha value is -1.62. The molecule has 4 N–H and O–H groups in total. The largest absolute Gasteiger partial charge is 0.393 e. The maximum atomic E-state index is 12.6. The highest BCUT2D eigenvalue weighted by Crippen LogP contribution is 2.67. The third-order valence-corrected chi connectivity index (χ3v) is 12.9. The number of fused-ring (bicyclic) bond motifs is 6. The topological polar surface area (TPSA) is 68.3 Å². The lowest BCUT2D eigenvalue weighted by molar-refractivity contribution is -0.181. The fourth-order valence-corrected chi connectivity index (χ4v) is 10.5. The summed E-state index contributed by atoms with van der Waals surface area (Å²) in [5.41, 5.74) is 3.41. The number of aromatic nitrogens is 1. The predicted octanol–water partition coefficient (Wildman–Crippen LogP) is 7.80. The molecule has 0 spiro atoms. The van der Waals surface area contributed by atoms with E-state index in [1.807, 2.05) is 0 Å². The molecule has 0 radical (unpaired) electrons. The van der Waals surface area contributed by atoms with Gasteiger partial charge in [0.25, 0.3) is 0 Å². The first-order valence-electron chi connectivity index (χ1n) is 17.0. The van der Waals surface area contributed by atoms with Gasteiger partial charge in [-0.25, -0.2) is 0 Å². The van der Waals surface area contributed by atoms with E-state index >= 15 is 0 Å². The third-order valence-electron chi connectivity index (χ3n) is 12.9. The minimum Gasteiger partial charge on any atom is -0.393 e. The van der Waals surface area contributed by atoms with Gasteiger partial charge in [-0.3, -0.25) is 0 Å². The van der Waals surface area contributed by atoms with Gasteiger partial charge in [0.05, 0.1) is 17.7 Å². The van der Waals surface area contributed by atoms with Crippen LogP contribution < -0.4 is 5.32 Å². The maximum Gasteiger partial charge on any atom is 0.0919 e. The first-order valence-corrected chi connectivity index (χ1v) is 17.0. The van der Waals surface area contributed by atoms with Gasteiger partial charge in [0.2, 0.25) is 0 Å². The number of aliphatic hydroxyl groups is 2. The fourth-order valence-electron chi connectivity index (χ4n) is 10.5. The van der Waals surface area contributed by atoms with Crippen LogP contribution in [0.3, 0.4) is 0 Å². The summed E-state index contributed by atoms with van der Waals surface area (Å²) in [7, 11) is 0. The summed E-state index contributed by atoms with van der Waals surface area (Å²) in [6.07, 6.45) is 16.5. The molecule has 4 heteroatoms. The van der Waals surface area contributed by atoms with Crippen molar-refractivity contribution in [3.8, 4) is 0 Å². The van der Waals surface area contributed by atoms with Crippen molar-refractivity contribution in [2.75, 3.05) is 6.54 Å². The van der Waals surface area contributed by atoms with Crippen molar-refractivity contribution in [2.45, 2.75) is 123 Å². The van der Waals surface area contributed by atoms with E-state index < -0.39 is 11.7 Å². The number of allylic oxidation sites excluding steroid dienone is 1. The number of nitrogens with one attached hydrogen (secondary N) is 2. The molecular formula is C37H56N2O2. The van der Waals surface area contributed by atoms with Gasteiger partial charge in [-0.1, -0.05) is 83.7 Å². The SMILES string of the molecule is CC(C)CCC[C@@H](C)[C@H]1CC[C@H]2C3=C[C@@H](NCCc4c[nH]c5ccccc45)[C@@]4(O)C[C@@H](O)CC[C@]4(C)[C@H]3CC[C@]12C. The average Bonchev–Trinajstić information content (AvgIpc) is 3.50. The lowest BCUT2D eigenvalue weighted by atomic mass is 9.45. The molecule has 0 bridgehead atoms. The summed E-state index contributed by atoms with van der Waals surface area (Å²) in [6.45, 7) is 13.0. The summed E-state index contributed by atoms with van der Waals surface area (Å²) in [6, 6.07) is 8.39. The Morgan fingerprint density at radius 1 is 1.00 bits per heavy atom. The standard InChI is InChI=1S/C37H56N2O2/c1-24(2)9-8-10-25(3)30-13-14-31-29-21-34(38-20-17-26-23-39-33-12-7-6-11-28(26)33)37(41)22-27(40)15-19-36(37,5)32(29)16-18-35(30,31)4/h6-7,11-12,21,23-25,27,30-32,34,38-41H,8-10,13-20,22H2,1-5H3/t25-,27+,30-,31+,32+,34-,35-,36-,37+/m1/s1. The van der Waals surface area contributed by atoms with Crippen LogP contribution in [-0.4, -0.2) is 39.5 Å². The van der Waals surface area contributed by atoms with Gasteiger partial charge < -0.3 is 20.5 Å². The Bertz CT molecular complexity index is 1250. The summed E-state index contributed by atoms with van der Waals surface area (Å²) in [5, 5.41) is 28.5. The van der Waals surface area contributed by atoms with Gasteiger partial charge in [0, 0.05) is 28.9 Å². The predicted molar refractivity (Wildman–Crippen MR) is 170 cm³/mol. The molecule has 4 aliphatic carbocycles. The molecule has 4 aliphatic rings. The summed E-state index contributed by atoms with van der Waals surface area (Å²) in [5.74, 6) is 3.44. The van der Waals surface area contributed by atoms with Crippen LogP contribution in [0.25, 0.3) is 10.9 Å². The second kappa shape index (κ2) is 11.1. The van der Waals surface area contributed by atoms with E-state index in [-0.39, 0.29) is 11.5 Å². The number of para-hydroxylation sites is 1. The number of hydrogen-bond acceptors (Lipinski definition) is 3. The summed E-state index contributed by atoms with van der Waals surface area (Å²) >= 11 is 0. The van der Waals surface area contributed by atoms with Crippen LogP contribution >= 0.6 is 0 Å². The summed E-state index contributed by atoms with van der Waals surface area (Å²) < 4.78 is 0. The van der Waals surface area contributed by atoms with E-state index in [2.05, 4.69) is 81.5 Å². The van der Waals surface area contributed by atoms with Crippen LogP contribution in [-0.2, 0) is 6.42 Å². The minimum absolute atomic E-state index is 0.122. The molecule has 0 unspecified atom stereocenters. The Morgan fingerprint density at radius 2 is 1.80 bits per heavy atom. The van der Waals surface area contributed by atoms with Crippen molar-refractivity contribution >= 4 is 10.9 Å². The Balaban J connectivity index is 1.26. The molecular weight excluding hydrogens is 504 g/mol. The van der Waals surface area contributed by atoms with Crippen molar-refractivity contribution < 1.29 is 10.2 Å². The van der Waals surface area contributed by atoms with E-state index in [4.69, 9.17) is 0 Å². The molecule has 1 aromatic heterocycles. The van der Waals surface area contributed by atoms with E-state index in [0.717, 1.165) is 43.6 Å². The van der Waals surface area contributed by atoms with Crippen LogP contribution in [0.1, 0.15) is 104 Å². The van der Waals surface area contributed by atoms with Crippen molar-refractivity contribution in [3.63, 3.8) is 0 Å². The molecule has 3 fully saturated rings. The molecule has 0 aliphatic heterocycles. The second-order valence-electron chi connectivity index (χ2n) is 15.6. The normalized spacial score (nSPS) is 39.3. The summed E-state index contributed by atoms with van der Waals surface area (Å²) in [4.78, 5) is 3.42. The lowest BCUT2D eigenvalue weighted by Crippen LogP contribution is -2.68. The highest BCUT2D eigenvalue weighted by Gasteiger charge is 2.64. The van der Waals surface area contributed by atoms with Crippen molar-refractivity contribution in [2.24, 2.45) is 40.4 Å². The molecule has 41 heavy (non-hydrogen) atoms. The molecule has 1 aromatic carbocycles. The van der Waals surface area contributed by atoms with Gasteiger partial charge in [-0.05, 0) is 98.1 Å². The molecule has 226 valence electrons. The Kier molecular flexibility index (Phi) is 8.00. The molecule has 6 rings (SSSR count). The van der Waals surface area contributed by atoms with Gasteiger partial charge in [-0.15, -0.1) is 0 Å². The molecule has 0 amide bonds. The number of aliphatic hydroxyl groups excluding tert-OH is 1. The molecule has 0 saturated heterocycles. The molecule has 4 nitrogen and oxygen atoms in total. The Labute approximate surface area is 248 Å².